The van der Waals surface area contributed by atoms with Gasteiger partial charge in [0.25, 0.3) is 0 Å². The van der Waals surface area contributed by atoms with Gasteiger partial charge in [-0.1, -0.05) is 11.8 Å². The molecule has 0 aromatic carbocycles. The third-order valence-electron chi connectivity index (χ3n) is 2.32. The number of nitro groups is 1. The Hall–Kier alpha value is -1.41. The van der Waals surface area contributed by atoms with E-state index in [4.69, 9.17) is 4.74 Å². The second-order valence-electron chi connectivity index (χ2n) is 3.57. The lowest BCUT2D eigenvalue weighted by atomic mass is 10.4. The highest BCUT2D eigenvalue weighted by molar-refractivity contribution is 8.00. The number of rotatable bonds is 4. The smallest absolute Gasteiger partial charge is 0.322 e. The molecular weight excluding hydrogens is 244 g/mol. The Labute approximate surface area is 102 Å². The molecule has 1 aliphatic heterocycles. The maximum atomic E-state index is 11.0. The first-order valence-electron chi connectivity index (χ1n) is 5.07. The van der Waals surface area contributed by atoms with E-state index in [1.807, 2.05) is 0 Å². The molecule has 17 heavy (non-hydrogen) atoms. The highest BCUT2D eigenvalue weighted by Crippen LogP contribution is 2.35. The maximum Gasteiger partial charge on any atom is 0.322 e. The number of aromatic nitrogens is 2. The molecule has 0 amide bonds. The highest BCUT2D eigenvalue weighted by atomic mass is 32.2. The monoisotopic (exact) mass is 256 g/mol. The minimum absolute atomic E-state index is 0.0131. The van der Waals surface area contributed by atoms with Crippen molar-refractivity contribution in [3.63, 3.8) is 0 Å². The molecule has 92 valence electrons. The molecule has 1 aromatic rings. The van der Waals surface area contributed by atoms with Crippen molar-refractivity contribution in [3.05, 3.63) is 15.8 Å². The normalized spacial score (nSPS) is 15.4. The lowest BCUT2D eigenvalue weighted by Gasteiger charge is -2.24. The number of aryl methyl sites for hydroxylation is 1. The number of anilines is 1. The second kappa shape index (κ2) is 4.84. The van der Waals surface area contributed by atoms with Crippen molar-refractivity contribution >= 4 is 23.4 Å². The molecule has 0 bridgehead atoms. The van der Waals surface area contributed by atoms with Gasteiger partial charge in [0.1, 0.15) is 5.69 Å². The first kappa shape index (κ1) is 12.1. The van der Waals surface area contributed by atoms with Crippen molar-refractivity contribution in [1.82, 2.24) is 9.97 Å². The Morgan fingerprint density at radius 3 is 2.71 bits per heavy atom. The van der Waals surface area contributed by atoms with E-state index in [1.54, 1.807) is 14.0 Å². The van der Waals surface area contributed by atoms with E-state index in [2.05, 4.69) is 15.3 Å². The molecule has 7 nitrogen and oxygen atoms in total. The molecule has 1 saturated heterocycles. The molecular formula is C9H12N4O3S. The van der Waals surface area contributed by atoms with E-state index in [0.29, 0.717) is 29.9 Å². The van der Waals surface area contributed by atoms with Crippen LogP contribution in [-0.2, 0) is 4.74 Å². The number of hydrogen-bond acceptors (Lipinski definition) is 7. The summed E-state index contributed by atoms with van der Waals surface area (Å²) in [7, 11) is 1.68. The average Bonchev–Trinajstić information content (AvgIpc) is 2.22. The third-order valence-corrected chi connectivity index (χ3v) is 3.43. The Morgan fingerprint density at radius 2 is 2.24 bits per heavy atom. The standard InChI is InChI=1S/C9H12N4O3S/c1-5-7(13(14)15)8(12-9(10-2)11-5)17-6-3-16-4-6/h6H,3-4H2,1-2H3,(H,10,11,12). The van der Waals surface area contributed by atoms with Crippen LogP contribution in [0, 0.1) is 17.0 Å². The van der Waals surface area contributed by atoms with Gasteiger partial charge in [-0.15, -0.1) is 0 Å². The van der Waals surface area contributed by atoms with Crippen molar-refractivity contribution in [2.45, 2.75) is 17.2 Å². The molecule has 8 heteroatoms. The topological polar surface area (TPSA) is 90.2 Å². The number of ether oxygens (including phenoxy) is 1. The lowest BCUT2D eigenvalue weighted by molar-refractivity contribution is -0.389. The van der Waals surface area contributed by atoms with E-state index < -0.39 is 4.92 Å². The van der Waals surface area contributed by atoms with E-state index >= 15 is 0 Å². The zero-order valence-electron chi connectivity index (χ0n) is 9.47. The predicted octanol–water partition coefficient (Wildman–Crippen LogP) is 1.23. The summed E-state index contributed by atoms with van der Waals surface area (Å²) in [5.41, 5.74) is 0.359. The first-order chi connectivity index (χ1) is 8.11. The summed E-state index contributed by atoms with van der Waals surface area (Å²) in [6.07, 6.45) is 0. The van der Waals surface area contributed by atoms with Crippen LogP contribution in [-0.4, -0.2) is 40.4 Å². The summed E-state index contributed by atoms with van der Waals surface area (Å²) in [4.78, 5) is 18.7. The van der Waals surface area contributed by atoms with Crippen LogP contribution in [0.3, 0.4) is 0 Å². The van der Waals surface area contributed by atoms with Gasteiger partial charge in [-0.3, -0.25) is 10.1 Å². The molecule has 0 atom stereocenters. The summed E-state index contributed by atoms with van der Waals surface area (Å²) in [5, 5.41) is 14.4. The highest BCUT2D eigenvalue weighted by Gasteiger charge is 2.28. The molecule has 0 spiro atoms. The van der Waals surface area contributed by atoms with Crippen LogP contribution in [0.1, 0.15) is 5.69 Å². The van der Waals surface area contributed by atoms with Crippen LogP contribution in [0.5, 0.6) is 0 Å². The number of nitrogens with zero attached hydrogens (tertiary/aromatic N) is 3. The number of thioether (sulfide) groups is 1. The zero-order valence-corrected chi connectivity index (χ0v) is 10.3. The van der Waals surface area contributed by atoms with Crippen molar-refractivity contribution in [2.75, 3.05) is 25.6 Å². The van der Waals surface area contributed by atoms with E-state index in [-0.39, 0.29) is 10.9 Å². The third kappa shape index (κ3) is 2.47. The minimum Gasteiger partial charge on any atom is -0.379 e. The van der Waals surface area contributed by atoms with Gasteiger partial charge in [-0.2, -0.15) is 4.98 Å². The lowest BCUT2D eigenvalue weighted by Crippen LogP contribution is -2.30. The Balaban J connectivity index is 2.36. The molecule has 0 unspecified atom stereocenters. The van der Waals surface area contributed by atoms with Crippen LogP contribution in [0.25, 0.3) is 0 Å². The Bertz CT molecular complexity index is 450. The van der Waals surface area contributed by atoms with Crippen LogP contribution in [0.2, 0.25) is 0 Å². The van der Waals surface area contributed by atoms with Gasteiger partial charge in [0.15, 0.2) is 5.03 Å². The molecule has 1 aliphatic rings. The number of hydrogen-bond donors (Lipinski definition) is 1. The van der Waals surface area contributed by atoms with Crippen molar-refractivity contribution in [2.24, 2.45) is 0 Å². The van der Waals surface area contributed by atoms with Gasteiger partial charge in [0.2, 0.25) is 5.95 Å². The van der Waals surface area contributed by atoms with Gasteiger partial charge in [0.05, 0.1) is 23.4 Å². The molecule has 1 fully saturated rings. The van der Waals surface area contributed by atoms with E-state index in [9.17, 15) is 10.1 Å². The van der Waals surface area contributed by atoms with Gasteiger partial charge in [0, 0.05) is 7.05 Å². The van der Waals surface area contributed by atoms with E-state index in [1.165, 1.54) is 11.8 Å². The maximum absolute atomic E-state index is 11.0. The fourth-order valence-corrected chi connectivity index (χ4v) is 2.50. The van der Waals surface area contributed by atoms with Crippen molar-refractivity contribution in [3.8, 4) is 0 Å². The van der Waals surface area contributed by atoms with Crippen molar-refractivity contribution in [1.29, 1.82) is 0 Å². The summed E-state index contributed by atoms with van der Waals surface area (Å²) >= 11 is 1.37. The molecule has 1 aromatic heterocycles. The summed E-state index contributed by atoms with van der Waals surface area (Å²) in [5.74, 6) is 0.399. The number of nitrogens with one attached hydrogen (secondary N) is 1. The molecule has 1 N–H and O–H groups in total. The average molecular weight is 256 g/mol. The first-order valence-corrected chi connectivity index (χ1v) is 5.95. The second-order valence-corrected chi connectivity index (χ2v) is 4.86. The molecule has 2 rings (SSSR count). The molecule has 0 saturated carbocycles. The summed E-state index contributed by atoms with van der Waals surface area (Å²) < 4.78 is 5.04. The van der Waals surface area contributed by atoms with Gasteiger partial charge >= 0.3 is 5.69 Å². The van der Waals surface area contributed by atoms with Crippen LogP contribution < -0.4 is 5.32 Å². The van der Waals surface area contributed by atoms with Crippen molar-refractivity contribution < 1.29 is 9.66 Å². The molecule has 0 radical (unpaired) electrons. The molecule has 2 heterocycles. The molecule has 0 aliphatic carbocycles. The SMILES string of the molecule is CNc1nc(C)c([N+](=O)[O-])c(SC2COC2)n1. The Kier molecular flexibility index (Phi) is 3.43. The minimum atomic E-state index is -0.434. The fourth-order valence-electron chi connectivity index (χ4n) is 1.38. The largest absolute Gasteiger partial charge is 0.379 e. The Morgan fingerprint density at radius 1 is 1.53 bits per heavy atom. The summed E-state index contributed by atoms with van der Waals surface area (Å²) in [6, 6.07) is 0. The van der Waals surface area contributed by atoms with Gasteiger partial charge in [-0.05, 0) is 6.92 Å². The summed E-state index contributed by atoms with van der Waals surface area (Å²) in [6.45, 7) is 2.83. The van der Waals surface area contributed by atoms with Crippen LogP contribution in [0.15, 0.2) is 5.03 Å². The predicted molar refractivity (Wildman–Crippen MR) is 63.4 cm³/mol. The van der Waals surface area contributed by atoms with E-state index in [0.717, 1.165) is 0 Å². The van der Waals surface area contributed by atoms with Gasteiger partial charge in [-0.25, -0.2) is 4.98 Å². The van der Waals surface area contributed by atoms with Gasteiger partial charge < -0.3 is 10.1 Å². The van der Waals surface area contributed by atoms with Crippen LogP contribution in [0.4, 0.5) is 11.6 Å². The van der Waals surface area contributed by atoms with Crippen LogP contribution >= 0.6 is 11.8 Å². The quantitative estimate of drug-likeness (QED) is 0.492. The zero-order chi connectivity index (χ0) is 12.4. The fraction of sp³-hybridized carbons (Fsp3) is 0.556.